The van der Waals surface area contributed by atoms with Gasteiger partial charge >= 0.3 is 11.3 Å². The highest BCUT2D eigenvalue weighted by Gasteiger charge is 2.65. The van der Waals surface area contributed by atoms with Crippen molar-refractivity contribution in [3.8, 4) is 0 Å². The lowest BCUT2D eigenvalue weighted by atomic mass is 10.0. The fourth-order valence-electron chi connectivity index (χ4n) is 8.20. The quantitative estimate of drug-likeness (QED) is 0.0298. The fourth-order valence-corrected chi connectivity index (χ4v) is 12.6. The van der Waals surface area contributed by atoms with Gasteiger partial charge in [-0.3, -0.25) is 51.5 Å². The molecule has 4 saturated heterocycles. The van der Waals surface area contributed by atoms with Crippen molar-refractivity contribution in [1.29, 1.82) is 0 Å². The van der Waals surface area contributed by atoms with Crippen molar-refractivity contribution < 1.29 is 108 Å². The smallest absolute Gasteiger partial charge is 0.330 e. The number of aromatic amines is 2. The van der Waals surface area contributed by atoms with Crippen molar-refractivity contribution in [3.63, 3.8) is 0 Å². The highest BCUT2D eigenvalue weighted by molar-refractivity contribution is 7.65. The van der Waals surface area contributed by atoms with Gasteiger partial charge in [0.05, 0.1) is 39.8 Å². The maximum absolute atomic E-state index is 13.5. The third-order valence-corrected chi connectivity index (χ3v) is 16.5. The summed E-state index contributed by atoms with van der Waals surface area (Å²) in [5.74, 6) is -0.445. The van der Waals surface area contributed by atoms with Crippen molar-refractivity contribution in [3.05, 3.63) is 62.4 Å². The van der Waals surface area contributed by atoms with Crippen LogP contribution in [0.25, 0.3) is 22.3 Å². The number of anilines is 2. The van der Waals surface area contributed by atoms with Gasteiger partial charge in [0.2, 0.25) is 11.7 Å². The number of fused-ring (bicyclic) bond motifs is 4. The first-order valence-corrected chi connectivity index (χ1v) is 26.1. The molecule has 41 heteroatoms. The molecule has 4 aliphatic rings. The van der Waals surface area contributed by atoms with Crippen LogP contribution in [0.5, 0.6) is 0 Å². The maximum atomic E-state index is 13.5. The summed E-state index contributed by atoms with van der Waals surface area (Å²) in [6.07, 6.45) is -14.9. The van der Waals surface area contributed by atoms with Crippen LogP contribution in [0.15, 0.2) is 45.6 Å². The van der Waals surface area contributed by atoms with Gasteiger partial charge in [-0.05, 0) is 0 Å². The lowest BCUT2D eigenvalue weighted by Crippen LogP contribution is -2.46. The van der Waals surface area contributed by atoms with Gasteiger partial charge in [0.25, 0.3) is 48.4 Å². The minimum absolute atomic E-state index is 0.0172. The second-order valence-electron chi connectivity index (χ2n) is 16.1. The number of nitrogens with one attached hydrogen (secondary N) is 2. The first-order chi connectivity index (χ1) is 33.7. The Morgan fingerprint density at radius 3 is 2.22 bits per heavy atom. The van der Waals surface area contributed by atoms with E-state index in [1.165, 1.54) is 17.9 Å². The molecular weight excluding hydrogens is 1060 g/mol. The number of nitrogens with zero attached hydrogens (tertiary/aromatic N) is 8. The van der Waals surface area contributed by atoms with Crippen LogP contribution in [0.4, 0.5) is 11.8 Å². The Kier molecular flexibility index (Phi) is 13.7. The standard InChI is InChI=1S/C31H40N12O25P4/c1-40-10-43(24-15(40)25(49)39-29(33)38-24)27-19(48)17(46)12(64-27)5-61-70(53,54)67-72(57,58)68-71(55,56)62-7-31-6-59-20(28(65-31)42-9-36-14-22(32)34-8-35-23(14)42)21(31)66-69(51,52)60-4-11-16(45)18(47)26(63-11)41-3-2-13(44)37-30(41)50/h2-3,8-12,16-21,26-28,45-48H,4-7H2,1H3,(H9-,32,33,34,35,37,38,39,44,49,50,51,52,53,54,55,56,57,58)/p-3/t11-,12-,16?,17+,18+,19?,20+,21?,26-,27-,28-,31-/m1/s1. The van der Waals surface area contributed by atoms with E-state index in [-0.39, 0.29) is 34.1 Å². The highest BCUT2D eigenvalue weighted by Crippen LogP contribution is 2.64. The van der Waals surface area contributed by atoms with E-state index in [2.05, 4.69) is 38.1 Å². The van der Waals surface area contributed by atoms with Crippen molar-refractivity contribution >= 4 is 65.4 Å². The Hall–Kier alpha value is -4.62. The van der Waals surface area contributed by atoms with Crippen molar-refractivity contribution in [2.45, 2.75) is 73.1 Å². The van der Waals surface area contributed by atoms with E-state index in [0.29, 0.717) is 4.57 Å². The summed E-state index contributed by atoms with van der Waals surface area (Å²) in [5.41, 5.74) is 6.41. The van der Waals surface area contributed by atoms with Crippen LogP contribution < -0.4 is 52.4 Å². The van der Waals surface area contributed by atoms with Crippen LogP contribution in [-0.2, 0) is 71.0 Å². The summed E-state index contributed by atoms with van der Waals surface area (Å²) in [6, 6.07) is 0.904. The van der Waals surface area contributed by atoms with E-state index in [9.17, 15) is 72.6 Å². The molecule has 5 aromatic rings. The number of phosphoric ester groups is 3. The molecule has 0 aliphatic carbocycles. The minimum Gasteiger partial charge on any atom is -0.756 e. The van der Waals surface area contributed by atoms with E-state index in [0.717, 1.165) is 34.1 Å². The first-order valence-electron chi connectivity index (χ1n) is 20.3. The van der Waals surface area contributed by atoms with Gasteiger partial charge < -0.3 is 88.5 Å². The number of aliphatic hydroxyl groups excluding tert-OH is 4. The number of aliphatic hydroxyl groups is 4. The van der Waals surface area contributed by atoms with Crippen LogP contribution >= 0.6 is 31.3 Å². The second kappa shape index (κ2) is 18.9. The molecule has 0 spiro atoms. The number of H-pyrrole nitrogens is 2. The molecule has 16 atom stereocenters. The second-order valence-corrected chi connectivity index (χ2v) is 22.0. The number of aryl methyl sites for hydroxylation is 1. The Bertz CT molecular complexity index is 3300. The fraction of sp³-hybridized carbons (Fsp3) is 0.548. The van der Waals surface area contributed by atoms with Gasteiger partial charge in [0.15, 0.2) is 30.2 Å². The first kappa shape index (κ1) is 52.3. The van der Waals surface area contributed by atoms with E-state index in [1.807, 2.05) is 4.98 Å². The van der Waals surface area contributed by atoms with E-state index in [1.54, 1.807) is 0 Å². The summed E-state index contributed by atoms with van der Waals surface area (Å²) in [7, 11) is -23.4. The molecule has 0 aromatic carbocycles. The predicted molar refractivity (Wildman–Crippen MR) is 217 cm³/mol. The third-order valence-electron chi connectivity index (χ3n) is 11.4. The van der Waals surface area contributed by atoms with Crippen LogP contribution in [-0.4, -0.2) is 145 Å². The molecule has 4 aliphatic heterocycles. The normalized spacial score (nSPS) is 32.8. The van der Waals surface area contributed by atoms with E-state index < -0.39 is 148 Å². The average Bonchev–Trinajstić information content (AvgIpc) is 4.12. The zero-order chi connectivity index (χ0) is 52.0. The number of nitrogen functional groups attached to an aromatic ring is 2. The van der Waals surface area contributed by atoms with Crippen LogP contribution in [0.2, 0.25) is 0 Å². The Labute approximate surface area is 397 Å². The molecule has 394 valence electrons. The molecule has 0 saturated carbocycles. The van der Waals surface area contributed by atoms with E-state index >= 15 is 0 Å². The van der Waals surface area contributed by atoms with Crippen LogP contribution in [0.3, 0.4) is 0 Å². The number of rotatable bonds is 18. The number of hydrogen-bond donors (Lipinski definition) is 8. The monoisotopic (exact) mass is 1100 g/mol. The molecule has 2 bridgehead atoms. The Morgan fingerprint density at radius 2 is 1.51 bits per heavy atom. The van der Waals surface area contributed by atoms with Crippen molar-refractivity contribution in [1.82, 2.24) is 43.6 Å². The summed E-state index contributed by atoms with van der Waals surface area (Å²) >= 11 is 0. The van der Waals surface area contributed by atoms with Crippen LogP contribution in [0.1, 0.15) is 18.7 Å². The van der Waals surface area contributed by atoms with Gasteiger partial charge in [0, 0.05) is 12.3 Å². The zero-order valence-electron chi connectivity index (χ0n) is 35.9. The van der Waals surface area contributed by atoms with Crippen LogP contribution in [0, 0.1) is 0 Å². The topological polar surface area (TPSA) is 539 Å². The molecular formula is C31H37N12O25P4-3. The lowest BCUT2D eigenvalue weighted by molar-refractivity contribution is -0.745. The summed E-state index contributed by atoms with van der Waals surface area (Å²) < 4.78 is 106. The van der Waals surface area contributed by atoms with Crippen molar-refractivity contribution in [2.24, 2.45) is 7.05 Å². The number of imidazole rings is 2. The van der Waals surface area contributed by atoms with Gasteiger partial charge in [0.1, 0.15) is 66.3 Å². The summed E-state index contributed by atoms with van der Waals surface area (Å²) in [4.78, 5) is 108. The molecule has 9 heterocycles. The number of ether oxygens (including phenoxy) is 4. The van der Waals surface area contributed by atoms with Gasteiger partial charge in [-0.15, -0.1) is 0 Å². The minimum atomic E-state index is -6.60. The molecule has 5 aromatic heterocycles. The molecule has 0 radical (unpaired) electrons. The van der Waals surface area contributed by atoms with E-state index in [4.69, 9.17) is 44.0 Å². The largest absolute Gasteiger partial charge is 0.756 e. The molecule has 37 nitrogen and oxygen atoms in total. The third kappa shape index (κ3) is 10.0. The number of phosphoric acid groups is 4. The molecule has 7 unspecified atom stereocenters. The number of hydrogen-bond acceptors (Lipinski definition) is 31. The molecule has 9 rings (SSSR count). The summed E-state index contributed by atoms with van der Waals surface area (Å²) in [6.45, 7) is -4.54. The Morgan fingerprint density at radius 1 is 0.847 bits per heavy atom. The zero-order valence-corrected chi connectivity index (χ0v) is 39.5. The molecule has 72 heavy (non-hydrogen) atoms. The SMILES string of the molecule is Cn1c[n+]([C@@H]2O[C@H](COP(=O)([O-])OP(=O)([O-])OP(=O)([O-])OC[C@]34CO[C@@H](C3OP(=O)([O-])OC[C@H]3O[C@@H](n5ccc(=O)[nH]c5=O)[C@@H](O)C3O)[C@H](n3cnc5c(N)ncnc53)O4)[C@H](O)C2O)c2nc(N)[nH]c(=O)c21. The predicted octanol–water partition coefficient (Wildman–Crippen LogP) is -7.65. The molecule has 10 N–H and O–H groups in total. The highest BCUT2D eigenvalue weighted by atomic mass is 31.3. The number of nitrogens with two attached hydrogens (primary N) is 2. The molecule has 0 amide bonds. The van der Waals surface area contributed by atoms with Gasteiger partial charge in [-0.2, -0.15) is 0 Å². The number of aromatic nitrogens is 10. The lowest BCUT2D eigenvalue weighted by Gasteiger charge is -2.37. The average molecular weight is 1100 g/mol. The van der Waals surface area contributed by atoms with Gasteiger partial charge in [-0.1, -0.05) is 4.98 Å². The Balaban J connectivity index is 0.866. The summed E-state index contributed by atoms with van der Waals surface area (Å²) in [5, 5.41) is 42.5. The van der Waals surface area contributed by atoms with Crippen molar-refractivity contribution in [2.75, 3.05) is 37.9 Å². The van der Waals surface area contributed by atoms with Gasteiger partial charge in [-0.25, -0.2) is 32.9 Å². The molecule has 4 fully saturated rings. The maximum Gasteiger partial charge on any atom is 0.330 e.